The molecular formula is C15H11Cl2FN2O4. The number of ketones is 1. The van der Waals surface area contributed by atoms with Crippen molar-refractivity contribution in [2.75, 3.05) is 12.8 Å². The molecule has 9 heteroatoms. The first-order chi connectivity index (χ1) is 11.2. The van der Waals surface area contributed by atoms with Crippen molar-refractivity contribution in [3.8, 4) is 17.0 Å². The number of pyridine rings is 1. The Balaban J connectivity index is 2.90. The van der Waals surface area contributed by atoms with Gasteiger partial charge in [-0.3, -0.25) is 4.79 Å². The van der Waals surface area contributed by atoms with Crippen LogP contribution in [-0.4, -0.2) is 29.0 Å². The van der Waals surface area contributed by atoms with Crippen LogP contribution in [0.5, 0.6) is 5.75 Å². The number of anilines is 1. The third kappa shape index (κ3) is 2.88. The monoisotopic (exact) mass is 372 g/mol. The SMILES string of the molecule is COc1c(F)ccc(-c2nc(C(=O)O)c(Cl)c(C(C)=O)c2N)c1Cl. The van der Waals surface area contributed by atoms with Crippen LogP contribution >= 0.6 is 23.2 Å². The van der Waals surface area contributed by atoms with Gasteiger partial charge >= 0.3 is 5.97 Å². The lowest BCUT2D eigenvalue weighted by Crippen LogP contribution is -2.12. The highest BCUT2D eigenvalue weighted by molar-refractivity contribution is 6.38. The molecule has 0 atom stereocenters. The fourth-order valence-electron chi connectivity index (χ4n) is 2.17. The van der Waals surface area contributed by atoms with Crippen LogP contribution in [0.3, 0.4) is 0 Å². The summed E-state index contributed by atoms with van der Waals surface area (Å²) in [4.78, 5) is 27.0. The summed E-state index contributed by atoms with van der Waals surface area (Å²) in [7, 11) is 1.22. The molecule has 0 aliphatic heterocycles. The predicted octanol–water partition coefficient (Wildman–Crippen LogP) is 3.69. The van der Waals surface area contributed by atoms with Gasteiger partial charge in [0.25, 0.3) is 0 Å². The summed E-state index contributed by atoms with van der Waals surface area (Å²) in [5, 5.41) is 8.70. The number of ether oxygens (including phenoxy) is 1. The summed E-state index contributed by atoms with van der Waals surface area (Å²) in [6, 6.07) is 2.31. The second kappa shape index (κ2) is 6.62. The van der Waals surface area contributed by atoms with Crippen LogP contribution in [0, 0.1) is 5.82 Å². The van der Waals surface area contributed by atoms with Crippen LogP contribution in [-0.2, 0) is 0 Å². The van der Waals surface area contributed by atoms with Crippen molar-refractivity contribution < 1.29 is 23.8 Å². The van der Waals surface area contributed by atoms with Crippen molar-refractivity contribution in [1.82, 2.24) is 4.98 Å². The van der Waals surface area contributed by atoms with Crippen molar-refractivity contribution in [2.45, 2.75) is 6.92 Å². The predicted molar refractivity (Wildman–Crippen MR) is 87.6 cm³/mol. The minimum atomic E-state index is -1.45. The molecular weight excluding hydrogens is 362 g/mol. The van der Waals surface area contributed by atoms with Gasteiger partial charge in [0, 0.05) is 5.56 Å². The minimum Gasteiger partial charge on any atom is -0.492 e. The average Bonchev–Trinajstić information content (AvgIpc) is 2.48. The summed E-state index contributed by atoms with van der Waals surface area (Å²) in [6.45, 7) is 1.18. The van der Waals surface area contributed by atoms with Gasteiger partial charge in [-0.15, -0.1) is 0 Å². The number of methoxy groups -OCH3 is 1. The number of Topliss-reactive ketones (excluding diaryl/α,β-unsaturated/α-hetero) is 1. The largest absolute Gasteiger partial charge is 0.492 e. The number of aromatic carboxylic acids is 1. The van der Waals surface area contributed by atoms with Crippen LogP contribution in [0.2, 0.25) is 10.0 Å². The Morgan fingerprint density at radius 2 is 1.92 bits per heavy atom. The lowest BCUT2D eigenvalue weighted by Gasteiger charge is -2.15. The van der Waals surface area contributed by atoms with E-state index in [4.69, 9.17) is 33.7 Å². The molecule has 0 aliphatic rings. The molecule has 0 saturated heterocycles. The Hall–Kier alpha value is -2.38. The standard InChI is InChI=1S/C15H11Cl2FN2O4/c1-5(21)8-10(17)13(15(22)23)20-12(11(8)19)6-3-4-7(18)14(24-2)9(6)16/h3-4H,19H2,1-2H3,(H,22,23). The molecule has 0 spiro atoms. The molecule has 0 fully saturated rings. The van der Waals surface area contributed by atoms with E-state index in [0.717, 1.165) is 6.07 Å². The molecule has 0 amide bonds. The topological polar surface area (TPSA) is 103 Å². The fraction of sp³-hybridized carbons (Fsp3) is 0.133. The molecule has 126 valence electrons. The number of carboxylic acids is 1. The van der Waals surface area contributed by atoms with E-state index in [-0.39, 0.29) is 38.3 Å². The molecule has 0 unspecified atom stereocenters. The van der Waals surface area contributed by atoms with Crippen molar-refractivity contribution in [3.63, 3.8) is 0 Å². The molecule has 0 bridgehead atoms. The van der Waals surface area contributed by atoms with Crippen molar-refractivity contribution in [1.29, 1.82) is 0 Å². The third-order valence-electron chi connectivity index (χ3n) is 3.24. The van der Waals surface area contributed by atoms with E-state index in [1.165, 1.54) is 20.1 Å². The molecule has 24 heavy (non-hydrogen) atoms. The van der Waals surface area contributed by atoms with Gasteiger partial charge in [-0.2, -0.15) is 0 Å². The van der Waals surface area contributed by atoms with Gasteiger partial charge in [0.2, 0.25) is 0 Å². The van der Waals surface area contributed by atoms with Gasteiger partial charge in [0.1, 0.15) is 0 Å². The number of carboxylic acid groups (broad SMARTS) is 1. The van der Waals surface area contributed by atoms with Crippen molar-refractivity contribution in [3.05, 3.63) is 39.3 Å². The maximum absolute atomic E-state index is 13.7. The fourth-order valence-corrected chi connectivity index (χ4v) is 2.85. The Bertz CT molecular complexity index is 871. The number of carbonyl (C=O) groups is 2. The first kappa shape index (κ1) is 18.0. The molecule has 2 rings (SSSR count). The van der Waals surface area contributed by atoms with Crippen LogP contribution < -0.4 is 10.5 Å². The van der Waals surface area contributed by atoms with Crippen molar-refractivity contribution in [2.24, 2.45) is 0 Å². The summed E-state index contributed by atoms with van der Waals surface area (Å²) in [5.74, 6) is -2.97. The van der Waals surface area contributed by atoms with Crippen LogP contribution in [0.15, 0.2) is 12.1 Å². The van der Waals surface area contributed by atoms with E-state index in [0.29, 0.717) is 0 Å². The van der Waals surface area contributed by atoms with Crippen LogP contribution in [0.1, 0.15) is 27.8 Å². The van der Waals surface area contributed by atoms with E-state index in [1.807, 2.05) is 0 Å². The van der Waals surface area contributed by atoms with Crippen LogP contribution in [0.4, 0.5) is 10.1 Å². The average molecular weight is 373 g/mol. The molecule has 1 aromatic heterocycles. The molecule has 6 nitrogen and oxygen atoms in total. The van der Waals surface area contributed by atoms with E-state index < -0.39 is 23.3 Å². The van der Waals surface area contributed by atoms with Crippen molar-refractivity contribution >= 4 is 40.6 Å². The summed E-state index contributed by atoms with van der Waals surface area (Å²) < 4.78 is 18.6. The highest BCUT2D eigenvalue weighted by Crippen LogP contribution is 2.41. The number of rotatable bonds is 4. The first-order valence-corrected chi connectivity index (χ1v) is 7.21. The number of nitrogens with two attached hydrogens (primary N) is 1. The Labute approximate surface area is 146 Å². The van der Waals surface area contributed by atoms with E-state index >= 15 is 0 Å². The Morgan fingerprint density at radius 3 is 2.42 bits per heavy atom. The van der Waals surface area contributed by atoms with Gasteiger partial charge in [-0.25, -0.2) is 14.2 Å². The number of hydrogen-bond acceptors (Lipinski definition) is 5. The smallest absolute Gasteiger partial charge is 0.356 e. The Morgan fingerprint density at radius 1 is 1.29 bits per heavy atom. The van der Waals surface area contributed by atoms with Gasteiger partial charge in [-0.1, -0.05) is 23.2 Å². The first-order valence-electron chi connectivity index (χ1n) is 6.46. The number of hydrogen-bond donors (Lipinski definition) is 2. The molecule has 0 saturated carbocycles. The zero-order valence-electron chi connectivity index (χ0n) is 12.5. The molecule has 0 radical (unpaired) electrons. The molecule has 1 aromatic carbocycles. The zero-order chi connectivity index (χ0) is 18.2. The van der Waals surface area contributed by atoms with Gasteiger partial charge < -0.3 is 15.6 Å². The van der Waals surface area contributed by atoms with E-state index in [9.17, 15) is 19.1 Å². The number of nitrogen functional groups attached to an aromatic ring is 1. The maximum Gasteiger partial charge on any atom is 0.356 e. The van der Waals surface area contributed by atoms with Crippen LogP contribution in [0.25, 0.3) is 11.3 Å². The summed E-state index contributed by atoms with van der Waals surface area (Å²) in [6.07, 6.45) is 0. The summed E-state index contributed by atoms with van der Waals surface area (Å²) >= 11 is 12.0. The number of nitrogens with zero attached hydrogens (tertiary/aromatic N) is 1. The second-order valence-electron chi connectivity index (χ2n) is 4.72. The normalized spacial score (nSPS) is 10.5. The Kier molecular flexibility index (Phi) is 4.96. The van der Waals surface area contributed by atoms with Gasteiger partial charge in [0.15, 0.2) is 23.0 Å². The van der Waals surface area contributed by atoms with Gasteiger partial charge in [-0.05, 0) is 19.1 Å². The lowest BCUT2D eigenvalue weighted by atomic mass is 10.0. The summed E-state index contributed by atoms with van der Waals surface area (Å²) in [5.41, 5.74) is 5.01. The van der Waals surface area contributed by atoms with E-state index in [1.54, 1.807) is 0 Å². The number of halogens is 3. The second-order valence-corrected chi connectivity index (χ2v) is 5.47. The number of aromatic nitrogens is 1. The minimum absolute atomic E-state index is 0.106. The quantitative estimate of drug-likeness (QED) is 0.793. The third-order valence-corrected chi connectivity index (χ3v) is 3.98. The molecule has 3 N–H and O–H groups in total. The molecule has 1 heterocycles. The number of carbonyl (C=O) groups excluding carboxylic acids is 1. The maximum atomic E-state index is 13.7. The lowest BCUT2D eigenvalue weighted by molar-refractivity contribution is 0.0691. The highest BCUT2D eigenvalue weighted by Gasteiger charge is 2.26. The highest BCUT2D eigenvalue weighted by atomic mass is 35.5. The molecule has 0 aliphatic carbocycles. The van der Waals surface area contributed by atoms with Gasteiger partial charge in [0.05, 0.1) is 34.1 Å². The molecule has 2 aromatic rings. The zero-order valence-corrected chi connectivity index (χ0v) is 14.0. The van der Waals surface area contributed by atoms with E-state index in [2.05, 4.69) is 4.98 Å². The number of benzene rings is 1.